The van der Waals surface area contributed by atoms with Gasteiger partial charge in [-0.3, -0.25) is 14.2 Å². The van der Waals surface area contributed by atoms with E-state index in [2.05, 4.69) is 10.3 Å². The predicted molar refractivity (Wildman–Crippen MR) is 103 cm³/mol. The van der Waals surface area contributed by atoms with Crippen LogP contribution in [0.3, 0.4) is 0 Å². The molecule has 0 spiro atoms. The lowest BCUT2D eigenvalue weighted by molar-refractivity contribution is -0.118. The van der Waals surface area contributed by atoms with Gasteiger partial charge in [0.1, 0.15) is 10.9 Å². The van der Waals surface area contributed by atoms with E-state index in [-0.39, 0.29) is 11.5 Å². The van der Waals surface area contributed by atoms with Crippen molar-refractivity contribution in [3.63, 3.8) is 0 Å². The molecule has 0 saturated carbocycles. The number of carbonyl (C=O) groups is 1. The number of nitrogens with one attached hydrogen (secondary N) is 1. The average molecular weight is 355 g/mol. The molecule has 1 N–H and O–H groups in total. The molecule has 1 aromatic carbocycles. The number of thiophene rings is 1. The van der Waals surface area contributed by atoms with Crippen LogP contribution in [0.2, 0.25) is 0 Å². The molecule has 0 aliphatic rings. The van der Waals surface area contributed by atoms with Gasteiger partial charge in [-0.2, -0.15) is 0 Å². The molecule has 3 rings (SSSR count). The Morgan fingerprint density at radius 3 is 2.64 bits per heavy atom. The number of hydrogen-bond acceptors (Lipinski definition) is 4. The Kier molecular flexibility index (Phi) is 4.47. The summed E-state index contributed by atoms with van der Waals surface area (Å²) in [6, 6.07) is 5.19. The molecule has 0 aliphatic carbocycles. The number of aryl methyl sites for hydroxylation is 4. The number of benzene rings is 1. The Hall–Kier alpha value is -2.47. The lowest BCUT2D eigenvalue weighted by atomic mass is 10.1. The van der Waals surface area contributed by atoms with E-state index in [4.69, 9.17) is 0 Å². The van der Waals surface area contributed by atoms with Crippen molar-refractivity contribution in [3.8, 4) is 0 Å². The molecular formula is C19H21N3O2S. The zero-order chi connectivity index (χ0) is 18.3. The lowest BCUT2D eigenvalue weighted by Gasteiger charge is -2.16. The SMILES string of the molecule is Cc1ccc(NC(=O)[C@@H](C)n2cnc3sc(C)c(C)c3c2=O)c(C)c1. The van der Waals surface area contributed by atoms with E-state index in [9.17, 15) is 9.59 Å². The summed E-state index contributed by atoms with van der Waals surface area (Å²) in [6.07, 6.45) is 1.46. The first kappa shape index (κ1) is 17.4. The summed E-state index contributed by atoms with van der Waals surface area (Å²) < 4.78 is 1.40. The van der Waals surface area contributed by atoms with Gasteiger partial charge in [-0.05, 0) is 51.8 Å². The minimum atomic E-state index is -0.648. The molecule has 1 amide bonds. The summed E-state index contributed by atoms with van der Waals surface area (Å²) in [7, 11) is 0. The summed E-state index contributed by atoms with van der Waals surface area (Å²) >= 11 is 1.50. The monoisotopic (exact) mass is 355 g/mol. The second-order valence-electron chi connectivity index (χ2n) is 6.40. The molecular weight excluding hydrogens is 334 g/mol. The number of fused-ring (bicyclic) bond motifs is 1. The standard InChI is InChI=1S/C19H21N3O2S/c1-10-6-7-15(11(2)8-10)21-17(23)13(4)22-9-20-18-16(19(22)24)12(3)14(5)25-18/h6-9,13H,1-5H3,(H,21,23)/t13-/m1/s1. The maximum absolute atomic E-state index is 12.8. The van der Waals surface area contributed by atoms with Gasteiger partial charge in [-0.25, -0.2) is 4.98 Å². The van der Waals surface area contributed by atoms with E-state index in [1.807, 2.05) is 45.9 Å². The number of nitrogens with zero attached hydrogens (tertiary/aromatic N) is 2. The van der Waals surface area contributed by atoms with Crippen LogP contribution in [0.15, 0.2) is 29.3 Å². The van der Waals surface area contributed by atoms with Gasteiger partial charge in [-0.15, -0.1) is 11.3 Å². The van der Waals surface area contributed by atoms with Crippen LogP contribution in [0.4, 0.5) is 5.69 Å². The third-order valence-corrected chi connectivity index (χ3v) is 5.67. The van der Waals surface area contributed by atoms with Crippen molar-refractivity contribution in [2.45, 2.75) is 40.7 Å². The van der Waals surface area contributed by atoms with Crippen molar-refractivity contribution in [3.05, 3.63) is 56.4 Å². The van der Waals surface area contributed by atoms with E-state index in [1.54, 1.807) is 6.92 Å². The number of aromatic nitrogens is 2. The maximum Gasteiger partial charge on any atom is 0.263 e. The Balaban J connectivity index is 1.95. The summed E-state index contributed by atoms with van der Waals surface area (Å²) in [4.78, 5) is 31.6. The Morgan fingerprint density at radius 1 is 1.24 bits per heavy atom. The maximum atomic E-state index is 12.8. The van der Waals surface area contributed by atoms with E-state index >= 15 is 0 Å². The van der Waals surface area contributed by atoms with Crippen molar-refractivity contribution in [2.24, 2.45) is 0 Å². The summed E-state index contributed by atoms with van der Waals surface area (Å²) in [5.74, 6) is -0.236. The van der Waals surface area contributed by atoms with Crippen LogP contribution in [0.5, 0.6) is 0 Å². The minimum absolute atomic E-state index is 0.171. The third-order valence-electron chi connectivity index (χ3n) is 4.55. The fourth-order valence-electron chi connectivity index (χ4n) is 2.84. The number of anilines is 1. The fraction of sp³-hybridized carbons (Fsp3) is 0.316. The van der Waals surface area contributed by atoms with Crippen molar-refractivity contribution in [2.75, 3.05) is 5.32 Å². The number of rotatable bonds is 3. The molecule has 5 nitrogen and oxygen atoms in total. The van der Waals surface area contributed by atoms with E-state index in [1.165, 1.54) is 22.2 Å². The van der Waals surface area contributed by atoms with Crippen molar-refractivity contribution in [1.29, 1.82) is 0 Å². The Bertz CT molecular complexity index is 1030. The summed E-state index contributed by atoms with van der Waals surface area (Å²) in [5, 5.41) is 3.51. The summed E-state index contributed by atoms with van der Waals surface area (Å²) in [6.45, 7) is 9.56. The molecule has 0 unspecified atom stereocenters. The topological polar surface area (TPSA) is 64.0 Å². The van der Waals surface area contributed by atoms with Crippen LogP contribution in [-0.4, -0.2) is 15.5 Å². The van der Waals surface area contributed by atoms with Crippen LogP contribution < -0.4 is 10.9 Å². The molecule has 0 aliphatic heterocycles. The van der Waals surface area contributed by atoms with Gasteiger partial charge in [0, 0.05) is 10.6 Å². The highest BCUT2D eigenvalue weighted by Gasteiger charge is 2.20. The highest BCUT2D eigenvalue weighted by Crippen LogP contribution is 2.26. The zero-order valence-corrected chi connectivity index (χ0v) is 15.8. The second-order valence-corrected chi connectivity index (χ2v) is 7.61. The minimum Gasteiger partial charge on any atom is -0.324 e. The highest BCUT2D eigenvalue weighted by atomic mass is 32.1. The molecule has 2 aromatic heterocycles. The molecule has 25 heavy (non-hydrogen) atoms. The number of carbonyl (C=O) groups excluding carboxylic acids is 1. The van der Waals surface area contributed by atoms with Crippen LogP contribution in [-0.2, 0) is 4.79 Å². The Labute approximate surface area is 150 Å². The molecule has 2 heterocycles. The van der Waals surface area contributed by atoms with Gasteiger partial charge in [0.05, 0.1) is 11.7 Å². The van der Waals surface area contributed by atoms with E-state index in [0.29, 0.717) is 5.39 Å². The molecule has 3 aromatic rings. The number of amides is 1. The van der Waals surface area contributed by atoms with Crippen LogP contribution >= 0.6 is 11.3 Å². The molecule has 0 fully saturated rings. The molecule has 6 heteroatoms. The quantitative estimate of drug-likeness (QED) is 0.775. The smallest absolute Gasteiger partial charge is 0.263 e. The average Bonchev–Trinajstić information content (AvgIpc) is 2.85. The second kappa shape index (κ2) is 6.44. The van der Waals surface area contributed by atoms with E-state index in [0.717, 1.165) is 32.1 Å². The van der Waals surface area contributed by atoms with Crippen molar-refractivity contribution in [1.82, 2.24) is 9.55 Å². The third kappa shape index (κ3) is 3.09. The van der Waals surface area contributed by atoms with Crippen LogP contribution in [0.1, 0.15) is 34.5 Å². The highest BCUT2D eigenvalue weighted by molar-refractivity contribution is 7.18. The molecule has 0 saturated heterocycles. The van der Waals surface area contributed by atoms with Crippen LogP contribution in [0, 0.1) is 27.7 Å². The van der Waals surface area contributed by atoms with Crippen molar-refractivity contribution >= 4 is 33.1 Å². The number of hydrogen-bond donors (Lipinski definition) is 1. The van der Waals surface area contributed by atoms with Gasteiger partial charge in [0.15, 0.2) is 0 Å². The van der Waals surface area contributed by atoms with Crippen LogP contribution in [0.25, 0.3) is 10.2 Å². The van der Waals surface area contributed by atoms with E-state index < -0.39 is 6.04 Å². The largest absolute Gasteiger partial charge is 0.324 e. The molecule has 0 radical (unpaired) electrons. The predicted octanol–water partition coefficient (Wildman–Crippen LogP) is 3.89. The first-order valence-corrected chi connectivity index (χ1v) is 8.96. The molecule has 1 atom stereocenters. The van der Waals surface area contributed by atoms with Crippen molar-refractivity contribution < 1.29 is 4.79 Å². The Morgan fingerprint density at radius 2 is 1.96 bits per heavy atom. The molecule has 0 bridgehead atoms. The van der Waals surface area contributed by atoms with Gasteiger partial charge in [-0.1, -0.05) is 17.7 Å². The zero-order valence-electron chi connectivity index (χ0n) is 15.0. The molecule has 130 valence electrons. The lowest BCUT2D eigenvalue weighted by Crippen LogP contribution is -2.32. The fourth-order valence-corrected chi connectivity index (χ4v) is 3.83. The normalized spacial score (nSPS) is 12.4. The first-order valence-electron chi connectivity index (χ1n) is 8.14. The first-order chi connectivity index (χ1) is 11.8. The summed E-state index contributed by atoms with van der Waals surface area (Å²) in [5.41, 5.74) is 3.65. The van der Waals surface area contributed by atoms with Gasteiger partial charge >= 0.3 is 0 Å². The van der Waals surface area contributed by atoms with Gasteiger partial charge in [0.2, 0.25) is 5.91 Å². The van der Waals surface area contributed by atoms with Gasteiger partial charge in [0.25, 0.3) is 5.56 Å². The van der Waals surface area contributed by atoms with Gasteiger partial charge < -0.3 is 5.32 Å².